The third-order valence-electron chi connectivity index (χ3n) is 1.93. The van der Waals surface area contributed by atoms with Gasteiger partial charge in [0, 0.05) is 10.6 Å². The summed E-state index contributed by atoms with van der Waals surface area (Å²) in [5.74, 6) is -0.376. The molecule has 0 aromatic heterocycles. The first-order valence-corrected chi connectivity index (χ1v) is 4.92. The molecule has 16 heavy (non-hydrogen) atoms. The van der Waals surface area contributed by atoms with E-state index in [2.05, 4.69) is 15.7 Å². The molecule has 1 amide bonds. The van der Waals surface area contributed by atoms with E-state index < -0.39 is 0 Å². The van der Waals surface area contributed by atoms with Gasteiger partial charge >= 0.3 is 0 Å². The summed E-state index contributed by atoms with van der Waals surface area (Å²) in [5.41, 5.74) is 3.18. The number of hydrogen-bond donors (Lipinski definition) is 1. The number of nitrogens with one attached hydrogen (secondary N) is 1. The van der Waals surface area contributed by atoms with Crippen molar-refractivity contribution in [1.82, 2.24) is 5.43 Å². The van der Waals surface area contributed by atoms with Crippen LogP contribution in [0.2, 0.25) is 5.02 Å². The smallest absolute Gasteiger partial charge is 0.295 e. The lowest BCUT2D eigenvalue weighted by Crippen LogP contribution is -2.19. The minimum Gasteiger partial charge on any atom is -0.390 e. The Bertz CT molecular complexity index is 471. The van der Waals surface area contributed by atoms with Gasteiger partial charge in [-0.3, -0.25) is 4.79 Å². The lowest BCUT2D eigenvalue weighted by Gasteiger charge is -2.01. The van der Waals surface area contributed by atoms with Gasteiger partial charge in [-0.25, -0.2) is 5.43 Å². The maximum atomic E-state index is 11.0. The first-order chi connectivity index (χ1) is 7.77. The third kappa shape index (κ3) is 2.38. The molecule has 1 aliphatic rings. The van der Waals surface area contributed by atoms with E-state index in [1.165, 1.54) is 6.21 Å². The highest BCUT2D eigenvalue weighted by molar-refractivity contribution is 6.62. The summed E-state index contributed by atoms with van der Waals surface area (Å²) in [6.45, 7) is 0.213. The van der Waals surface area contributed by atoms with E-state index in [9.17, 15) is 4.79 Å². The number of benzene rings is 1. The summed E-state index contributed by atoms with van der Waals surface area (Å²) in [6.07, 6.45) is 1.30. The number of rotatable bonds is 3. The van der Waals surface area contributed by atoms with Crippen molar-refractivity contribution < 1.29 is 9.63 Å². The molecule has 0 aliphatic carbocycles. The van der Waals surface area contributed by atoms with Gasteiger partial charge < -0.3 is 4.84 Å². The predicted octanol–water partition coefficient (Wildman–Crippen LogP) is 1.33. The molecule has 1 aliphatic heterocycles. The van der Waals surface area contributed by atoms with Crippen LogP contribution in [-0.2, 0) is 16.2 Å². The Morgan fingerprint density at radius 3 is 2.94 bits per heavy atom. The fraction of sp³-hybridized carbons (Fsp3) is 0.100. The lowest BCUT2D eigenvalue weighted by atomic mass is 10.2. The van der Waals surface area contributed by atoms with Crippen LogP contribution >= 0.6 is 11.6 Å². The van der Waals surface area contributed by atoms with Crippen molar-refractivity contribution in [2.45, 2.75) is 6.61 Å². The van der Waals surface area contributed by atoms with Crippen molar-refractivity contribution in [1.29, 1.82) is 0 Å². The van der Waals surface area contributed by atoms with Gasteiger partial charge in [0.2, 0.25) is 0 Å². The van der Waals surface area contributed by atoms with Crippen LogP contribution in [-0.4, -0.2) is 17.8 Å². The highest BCUT2D eigenvalue weighted by Gasteiger charge is 2.14. The second kappa shape index (κ2) is 4.76. The second-order valence-electron chi connectivity index (χ2n) is 3.04. The summed E-state index contributed by atoms with van der Waals surface area (Å²) < 4.78 is 0. The van der Waals surface area contributed by atoms with Gasteiger partial charge in [-0.2, -0.15) is 5.10 Å². The van der Waals surface area contributed by atoms with Gasteiger partial charge in [-0.1, -0.05) is 35.0 Å². The normalized spacial score (nSPS) is 16.6. The molecule has 0 spiro atoms. The minimum atomic E-state index is -0.376. The van der Waals surface area contributed by atoms with E-state index in [0.29, 0.717) is 5.02 Å². The number of halogens is 1. The summed E-state index contributed by atoms with van der Waals surface area (Å²) in [7, 11) is 0. The average molecular weight is 238 g/mol. The maximum Gasteiger partial charge on any atom is 0.295 e. The van der Waals surface area contributed by atoms with Gasteiger partial charge in [0.15, 0.2) is 5.71 Å². The van der Waals surface area contributed by atoms with Gasteiger partial charge in [0.05, 0.1) is 6.21 Å². The Hall–Kier alpha value is -1.88. The molecule has 0 saturated heterocycles. The fourth-order valence-corrected chi connectivity index (χ4v) is 1.31. The number of hydrogen-bond acceptors (Lipinski definition) is 4. The number of carbonyl (C=O) groups is 1. The molecule has 2 rings (SSSR count). The zero-order chi connectivity index (χ0) is 11.4. The number of nitrogens with zero attached hydrogens (tertiary/aromatic N) is 2. The number of oxime groups is 1. The monoisotopic (exact) mass is 237 g/mol. The van der Waals surface area contributed by atoms with Gasteiger partial charge in [-0.05, 0) is 6.07 Å². The molecule has 1 N–H and O–H groups in total. The molecule has 82 valence electrons. The van der Waals surface area contributed by atoms with Gasteiger partial charge in [0.25, 0.3) is 5.91 Å². The number of carbonyl (C=O) groups excluding carboxylic acids is 1. The third-order valence-corrected chi connectivity index (χ3v) is 2.30. The largest absolute Gasteiger partial charge is 0.390 e. The van der Waals surface area contributed by atoms with Crippen LogP contribution < -0.4 is 5.43 Å². The van der Waals surface area contributed by atoms with E-state index in [-0.39, 0.29) is 18.2 Å². The molecule has 1 aromatic carbocycles. The van der Waals surface area contributed by atoms with Crippen LogP contribution in [0.15, 0.2) is 34.5 Å². The average Bonchev–Trinajstić information content (AvgIpc) is 2.67. The van der Waals surface area contributed by atoms with E-state index >= 15 is 0 Å². The summed E-state index contributed by atoms with van der Waals surface area (Å²) in [4.78, 5) is 16.0. The Labute approximate surface area is 96.7 Å². The van der Waals surface area contributed by atoms with Crippen molar-refractivity contribution in [3.63, 3.8) is 0 Å². The second-order valence-corrected chi connectivity index (χ2v) is 3.45. The zero-order valence-electron chi connectivity index (χ0n) is 8.18. The zero-order valence-corrected chi connectivity index (χ0v) is 8.94. The van der Waals surface area contributed by atoms with E-state index in [0.717, 1.165) is 5.56 Å². The maximum absolute atomic E-state index is 11.0. The number of hydrazone groups is 1. The van der Waals surface area contributed by atoms with Crippen molar-refractivity contribution in [2.24, 2.45) is 10.3 Å². The molecule has 0 fully saturated rings. The molecular formula is C10H8ClN3O2. The van der Waals surface area contributed by atoms with Crippen LogP contribution in [0.25, 0.3) is 0 Å². The SMILES string of the molecule is O=C1NN=CC1=NOCc1ccccc1Cl. The Morgan fingerprint density at radius 2 is 2.25 bits per heavy atom. The van der Waals surface area contributed by atoms with Crippen LogP contribution in [0, 0.1) is 0 Å². The first kappa shape index (κ1) is 10.6. The standard InChI is InChI=1S/C10H8ClN3O2/c11-8-4-2-1-3-7(8)6-16-14-9-5-12-13-10(9)15/h1-5H,6H2,(H,13,14,15). The summed E-state index contributed by atoms with van der Waals surface area (Å²) in [5, 5.41) is 7.77. The fourth-order valence-electron chi connectivity index (χ4n) is 1.12. The quantitative estimate of drug-likeness (QED) is 0.806. The molecule has 0 bridgehead atoms. The first-order valence-electron chi connectivity index (χ1n) is 4.54. The topological polar surface area (TPSA) is 63.0 Å². The van der Waals surface area contributed by atoms with Crippen molar-refractivity contribution >= 4 is 29.4 Å². The van der Waals surface area contributed by atoms with Gasteiger partial charge in [-0.15, -0.1) is 0 Å². The molecule has 1 aromatic rings. The Kier molecular flexibility index (Phi) is 3.16. The lowest BCUT2D eigenvalue weighted by molar-refractivity contribution is -0.114. The molecule has 6 heteroatoms. The van der Waals surface area contributed by atoms with Crippen molar-refractivity contribution in [3.05, 3.63) is 34.9 Å². The van der Waals surface area contributed by atoms with Crippen LogP contribution in [0.1, 0.15) is 5.56 Å². The summed E-state index contributed by atoms with van der Waals surface area (Å²) in [6, 6.07) is 7.26. The highest BCUT2D eigenvalue weighted by atomic mass is 35.5. The summed E-state index contributed by atoms with van der Waals surface area (Å²) >= 11 is 5.91. The van der Waals surface area contributed by atoms with Crippen molar-refractivity contribution in [3.8, 4) is 0 Å². The molecule has 0 atom stereocenters. The van der Waals surface area contributed by atoms with E-state index in [1.807, 2.05) is 18.2 Å². The van der Waals surface area contributed by atoms with Gasteiger partial charge in [0.1, 0.15) is 6.61 Å². The van der Waals surface area contributed by atoms with Crippen LogP contribution in [0.5, 0.6) is 0 Å². The van der Waals surface area contributed by atoms with Crippen LogP contribution in [0.3, 0.4) is 0 Å². The molecular weight excluding hydrogens is 230 g/mol. The molecule has 0 saturated carbocycles. The highest BCUT2D eigenvalue weighted by Crippen LogP contribution is 2.15. The van der Waals surface area contributed by atoms with Crippen molar-refractivity contribution in [2.75, 3.05) is 0 Å². The molecule has 0 radical (unpaired) electrons. The predicted molar refractivity (Wildman–Crippen MR) is 60.3 cm³/mol. The Morgan fingerprint density at radius 1 is 1.44 bits per heavy atom. The Balaban J connectivity index is 1.96. The minimum absolute atomic E-state index is 0.145. The molecule has 1 heterocycles. The molecule has 5 nitrogen and oxygen atoms in total. The van der Waals surface area contributed by atoms with Crippen LogP contribution in [0.4, 0.5) is 0 Å². The van der Waals surface area contributed by atoms with E-state index in [4.69, 9.17) is 16.4 Å². The molecule has 0 unspecified atom stereocenters. The number of amides is 1. The van der Waals surface area contributed by atoms with E-state index in [1.54, 1.807) is 6.07 Å².